The Balaban J connectivity index is 1.97. The van der Waals surface area contributed by atoms with Gasteiger partial charge in [0.15, 0.2) is 11.0 Å². The van der Waals surface area contributed by atoms with Crippen LogP contribution in [0.15, 0.2) is 54.6 Å². The van der Waals surface area contributed by atoms with E-state index in [9.17, 15) is 0 Å². The third-order valence-corrected chi connectivity index (χ3v) is 3.34. The van der Waals surface area contributed by atoms with Gasteiger partial charge in [0.1, 0.15) is 0 Å². The van der Waals surface area contributed by atoms with Crippen molar-refractivity contribution in [3.8, 4) is 0 Å². The van der Waals surface area contributed by atoms with Crippen LogP contribution in [0.2, 0.25) is 5.15 Å². The van der Waals surface area contributed by atoms with Gasteiger partial charge in [-0.05, 0) is 12.1 Å². The fraction of sp³-hybridized carbons (Fsp3) is 0.0667. The molecule has 0 radical (unpaired) electrons. The topological polar surface area (TPSA) is 41.0 Å². The summed E-state index contributed by atoms with van der Waals surface area (Å²) in [5.74, 6) is 0.677. The molecular weight excluding hydrogens is 272 g/mol. The maximum Gasteiger partial charge on any atom is 0.175 e. The van der Waals surface area contributed by atoms with Crippen molar-refractivity contribution in [3.05, 3.63) is 59.8 Å². The van der Waals surface area contributed by atoms with Crippen molar-refractivity contribution < 1.29 is 0 Å². The Bertz CT molecular complexity index is 730. The van der Waals surface area contributed by atoms with E-state index >= 15 is 0 Å². The van der Waals surface area contributed by atoms with Crippen LogP contribution in [-0.2, 0) is 0 Å². The SMILES string of the molecule is CN(Nc1nnc(Cl)c2ccccc12)c1ccccc1. The van der Waals surface area contributed by atoms with Crippen molar-refractivity contribution in [2.75, 3.05) is 17.5 Å². The molecule has 2 aromatic carbocycles. The summed E-state index contributed by atoms with van der Waals surface area (Å²) in [7, 11) is 1.93. The molecule has 0 spiro atoms. The van der Waals surface area contributed by atoms with E-state index in [0.29, 0.717) is 11.0 Å². The van der Waals surface area contributed by atoms with Gasteiger partial charge in [-0.3, -0.25) is 10.4 Å². The molecule has 0 aliphatic carbocycles. The second-order valence-corrected chi connectivity index (χ2v) is 4.75. The molecule has 3 rings (SSSR count). The summed E-state index contributed by atoms with van der Waals surface area (Å²) in [6.45, 7) is 0. The molecule has 1 aromatic heterocycles. The fourth-order valence-electron chi connectivity index (χ4n) is 2.03. The van der Waals surface area contributed by atoms with Gasteiger partial charge in [0.05, 0.1) is 5.69 Å². The van der Waals surface area contributed by atoms with Crippen molar-refractivity contribution in [2.45, 2.75) is 0 Å². The van der Waals surface area contributed by atoms with E-state index in [1.165, 1.54) is 0 Å². The van der Waals surface area contributed by atoms with E-state index < -0.39 is 0 Å². The van der Waals surface area contributed by atoms with Gasteiger partial charge < -0.3 is 0 Å². The van der Waals surface area contributed by atoms with Gasteiger partial charge in [-0.2, -0.15) is 0 Å². The molecule has 0 saturated carbocycles. The molecule has 0 saturated heterocycles. The van der Waals surface area contributed by atoms with Gasteiger partial charge in [-0.1, -0.05) is 54.1 Å². The second kappa shape index (κ2) is 5.35. The number of anilines is 2. The number of hydrogen-bond acceptors (Lipinski definition) is 4. The standard InChI is InChI=1S/C15H13ClN4/c1-20(11-7-3-2-4-8-11)19-15-13-10-6-5-9-12(13)14(16)17-18-15/h2-10H,1H3,(H,18,19). The third kappa shape index (κ3) is 2.38. The monoisotopic (exact) mass is 284 g/mol. The zero-order chi connectivity index (χ0) is 13.9. The number of hydrogen-bond donors (Lipinski definition) is 1. The van der Waals surface area contributed by atoms with Crippen LogP contribution >= 0.6 is 11.6 Å². The van der Waals surface area contributed by atoms with Crippen LogP contribution in [0.25, 0.3) is 10.8 Å². The second-order valence-electron chi connectivity index (χ2n) is 4.39. The highest BCUT2D eigenvalue weighted by molar-refractivity contribution is 6.34. The average molecular weight is 285 g/mol. The highest BCUT2D eigenvalue weighted by Crippen LogP contribution is 2.26. The summed E-state index contributed by atoms with van der Waals surface area (Å²) >= 11 is 6.07. The zero-order valence-electron chi connectivity index (χ0n) is 10.9. The van der Waals surface area contributed by atoms with E-state index in [-0.39, 0.29) is 0 Å². The van der Waals surface area contributed by atoms with E-state index in [1.54, 1.807) is 0 Å². The fourth-order valence-corrected chi connectivity index (χ4v) is 2.23. The van der Waals surface area contributed by atoms with Gasteiger partial charge >= 0.3 is 0 Å². The molecule has 0 fully saturated rings. The summed E-state index contributed by atoms with van der Waals surface area (Å²) in [4.78, 5) is 0. The third-order valence-electron chi connectivity index (χ3n) is 3.06. The predicted molar refractivity (Wildman–Crippen MR) is 83.0 cm³/mol. The van der Waals surface area contributed by atoms with Crippen LogP contribution in [-0.4, -0.2) is 17.2 Å². The number of aromatic nitrogens is 2. The Morgan fingerprint density at radius 3 is 2.30 bits per heavy atom. The lowest BCUT2D eigenvalue weighted by atomic mass is 10.2. The minimum atomic E-state index is 0.411. The van der Waals surface area contributed by atoms with Gasteiger partial charge in [-0.25, -0.2) is 0 Å². The van der Waals surface area contributed by atoms with Gasteiger partial charge in [-0.15, -0.1) is 10.2 Å². The Morgan fingerprint density at radius 2 is 1.55 bits per heavy atom. The maximum atomic E-state index is 6.07. The first-order chi connectivity index (χ1) is 9.75. The summed E-state index contributed by atoms with van der Waals surface area (Å²) in [5, 5.41) is 12.2. The quantitative estimate of drug-likeness (QED) is 0.744. The van der Waals surface area contributed by atoms with Gasteiger partial charge in [0, 0.05) is 17.8 Å². The Kier molecular flexibility index (Phi) is 3.39. The molecule has 20 heavy (non-hydrogen) atoms. The molecule has 0 amide bonds. The lowest BCUT2D eigenvalue weighted by Gasteiger charge is -2.21. The number of halogens is 1. The Labute approximate surface area is 122 Å². The summed E-state index contributed by atoms with van der Waals surface area (Å²) < 4.78 is 0. The van der Waals surface area contributed by atoms with Crippen LogP contribution in [0.3, 0.4) is 0 Å². The number of hydrazine groups is 1. The summed E-state index contributed by atoms with van der Waals surface area (Å²) in [6, 6.07) is 17.8. The Morgan fingerprint density at radius 1 is 0.900 bits per heavy atom. The Hall–Kier alpha value is -2.33. The molecule has 0 atom stereocenters. The molecule has 5 heteroatoms. The molecule has 0 unspecified atom stereocenters. The van der Waals surface area contributed by atoms with Crippen molar-refractivity contribution in [1.82, 2.24) is 10.2 Å². The smallest absolute Gasteiger partial charge is 0.175 e. The zero-order valence-corrected chi connectivity index (χ0v) is 11.7. The van der Waals surface area contributed by atoms with Crippen LogP contribution in [0.1, 0.15) is 0 Å². The van der Waals surface area contributed by atoms with Crippen molar-refractivity contribution >= 4 is 33.9 Å². The molecule has 3 aromatic rings. The first kappa shape index (κ1) is 12.7. The molecule has 0 aliphatic rings. The minimum Gasteiger partial charge on any atom is -0.290 e. The van der Waals surface area contributed by atoms with Crippen LogP contribution in [0.4, 0.5) is 11.5 Å². The number of nitrogens with zero attached hydrogens (tertiary/aromatic N) is 3. The number of benzene rings is 2. The average Bonchev–Trinajstić information content (AvgIpc) is 2.51. The summed E-state index contributed by atoms with van der Waals surface area (Å²) in [5.41, 5.74) is 4.26. The minimum absolute atomic E-state index is 0.411. The molecule has 1 N–H and O–H groups in total. The normalized spacial score (nSPS) is 10.5. The lowest BCUT2D eigenvalue weighted by Crippen LogP contribution is -2.25. The number of fused-ring (bicyclic) bond motifs is 1. The maximum absolute atomic E-state index is 6.07. The molecule has 4 nitrogen and oxygen atoms in total. The van der Waals surface area contributed by atoms with Gasteiger partial charge in [0.25, 0.3) is 0 Å². The number of nitrogens with one attached hydrogen (secondary N) is 1. The van der Waals surface area contributed by atoms with E-state index in [0.717, 1.165) is 16.5 Å². The highest BCUT2D eigenvalue weighted by atomic mass is 35.5. The van der Waals surface area contributed by atoms with E-state index in [2.05, 4.69) is 15.6 Å². The van der Waals surface area contributed by atoms with Crippen LogP contribution < -0.4 is 10.4 Å². The van der Waals surface area contributed by atoms with Gasteiger partial charge in [0.2, 0.25) is 0 Å². The first-order valence-electron chi connectivity index (χ1n) is 6.22. The highest BCUT2D eigenvalue weighted by Gasteiger charge is 2.09. The van der Waals surface area contributed by atoms with Crippen molar-refractivity contribution in [1.29, 1.82) is 0 Å². The van der Waals surface area contributed by atoms with Crippen LogP contribution in [0.5, 0.6) is 0 Å². The molecule has 0 bridgehead atoms. The molecule has 1 heterocycles. The lowest BCUT2D eigenvalue weighted by molar-refractivity contribution is 1.00. The molecule has 0 aliphatic heterocycles. The van der Waals surface area contributed by atoms with Crippen molar-refractivity contribution in [3.63, 3.8) is 0 Å². The largest absolute Gasteiger partial charge is 0.290 e. The molecular formula is C15H13ClN4. The first-order valence-corrected chi connectivity index (χ1v) is 6.60. The van der Waals surface area contributed by atoms with E-state index in [4.69, 9.17) is 11.6 Å². The molecule has 100 valence electrons. The van der Waals surface area contributed by atoms with Crippen LogP contribution in [0, 0.1) is 0 Å². The predicted octanol–water partition coefficient (Wildman–Crippen LogP) is 3.75. The van der Waals surface area contributed by atoms with E-state index in [1.807, 2.05) is 66.7 Å². The van der Waals surface area contributed by atoms with Crippen molar-refractivity contribution in [2.24, 2.45) is 0 Å². The number of rotatable bonds is 3. The summed E-state index contributed by atoms with van der Waals surface area (Å²) in [6.07, 6.45) is 0. The number of para-hydroxylation sites is 1.